The molecule has 0 fully saturated rings. The van der Waals surface area contributed by atoms with Gasteiger partial charge in [-0.3, -0.25) is 0 Å². The number of para-hydroxylation sites is 4. The fourth-order valence-corrected chi connectivity index (χ4v) is 12.4. The van der Waals surface area contributed by atoms with E-state index in [2.05, 4.69) is 271 Å². The molecule has 0 N–H and O–H groups in total. The van der Waals surface area contributed by atoms with E-state index in [1.54, 1.807) is 0 Å². The van der Waals surface area contributed by atoms with Gasteiger partial charge in [-0.2, -0.15) is 0 Å². The first-order valence-electron chi connectivity index (χ1n) is 26.8. The summed E-state index contributed by atoms with van der Waals surface area (Å²) in [4.78, 5) is 15.5. The minimum Gasteiger partial charge on any atom is -0.311 e. The second-order valence-electron chi connectivity index (χ2n) is 20.7. The second-order valence-corrected chi connectivity index (χ2v) is 20.7. The Morgan fingerprint density at radius 1 is 0.333 bits per heavy atom. The minimum absolute atomic E-state index is 0.0113. The van der Waals surface area contributed by atoms with Gasteiger partial charge in [-0.25, -0.2) is 9.97 Å². The number of fused-ring (bicyclic) bond motifs is 7. The Hall–Kier alpha value is -10.0. The number of hydrogen-bond acceptors (Lipinski definition) is 4. The van der Waals surface area contributed by atoms with E-state index >= 15 is 0 Å². The number of rotatable bonds is 8. The predicted octanol–water partition coefficient (Wildman–Crippen LogP) is 16.6. The Balaban J connectivity index is 0.955. The molecule has 0 spiro atoms. The third kappa shape index (κ3) is 7.40. The van der Waals surface area contributed by atoms with Gasteiger partial charge in [-0.15, -0.1) is 0 Å². The summed E-state index contributed by atoms with van der Waals surface area (Å²) in [5, 5.41) is 2.49. The van der Waals surface area contributed by atoms with Gasteiger partial charge < -0.3 is 14.4 Å². The van der Waals surface area contributed by atoms with Gasteiger partial charge in [0.2, 0.25) is 0 Å². The average molecular weight is 996 g/mol. The lowest BCUT2D eigenvalue weighted by molar-refractivity contribution is 1.17. The van der Waals surface area contributed by atoms with E-state index in [4.69, 9.17) is 9.97 Å². The number of aryl methyl sites for hydroxylation is 2. The third-order valence-electron chi connectivity index (χ3n) is 15.9. The highest BCUT2D eigenvalue weighted by Crippen LogP contribution is 2.48. The molecule has 0 radical (unpaired) electrons. The van der Waals surface area contributed by atoms with E-state index in [1.807, 2.05) is 24.3 Å². The summed E-state index contributed by atoms with van der Waals surface area (Å²) in [5.41, 5.74) is 26.1. The summed E-state index contributed by atoms with van der Waals surface area (Å²) in [6.45, 7) is 4.38. The van der Waals surface area contributed by atoms with Gasteiger partial charge >= 0.3 is 0 Å². The molecule has 0 bridgehead atoms. The molecule has 0 saturated heterocycles. The molecule has 0 atom stereocenters. The maximum absolute atomic E-state index is 5.33. The van der Waals surface area contributed by atoms with Gasteiger partial charge in [0.25, 0.3) is 6.71 Å². The van der Waals surface area contributed by atoms with Crippen LogP contribution in [0.25, 0.3) is 83.6 Å². The van der Waals surface area contributed by atoms with Crippen LogP contribution in [-0.2, 0) is 0 Å². The molecule has 2 aliphatic rings. The summed E-state index contributed by atoms with van der Waals surface area (Å²) in [6.07, 6.45) is 0. The van der Waals surface area contributed by atoms with Crippen LogP contribution in [0.15, 0.2) is 267 Å². The highest BCUT2D eigenvalue weighted by Gasteiger charge is 2.44. The number of hydrogen-bond donors (Lipinski definition) is 0. The lowest BCUT2D eigenvalue weighted by Crippen LogP contribution is -2.61. The fraction of sp³-hybridized carbons (Fsp3) is 0.0278. The smallest absolute Gasteiger partial charge is 0.252 e. The molecule has 0 aliphatic carbocycles. The van der Waals surface area contributed by atoms with E-state index in [1.165, 1.54) is 77.6 Å². The Morgan fingerprint density at radius 3 is 1.41 bits per heavy atom. The molecule has 5 nitrogen and oxygen atoms in total. The van der Waals surface area contributed by atoms with Crippen LogP contribution in [0.4, 0.5) is 34.1 Å². The van der Waals surface area contributed by atoms with E-state index in [0.717, 1.165) is 61.8 Å². The molecular weight excluding hydrogens is 946 g/mol. The average Bonchev–Trinajstić information content (AvgIpc) is 3.28. The van der Waals surface area contributed by atoms with Crippen LogP contribution < -0.4 is 26.2 Å². The van der Waals surface area contributed by atoms with Crippen LogP contribution >= 0.6 is 0 Å². The van der Waals surface area contributed by atoms with E-state index in [0.29, 0.717) is 5.82 Å². The molecule has 78 heavy (non-hydrogen) atoms. The zero-order valence-corrected chi connectivity index (χ0v) is 43.2. The summed E-state index contributed by atoms with van der Waals surface area (Å²) in [7, 11) is 0. The maximum Gasteiger partial charge on any atom is 0.252 e. The zero-order valence-electron chi connectivity index (χ0n) is 43.2. The molecule has 2 aromatic heterocycles. The molecule has 2 aliphatic heterocycles. The van der Waals surface area contributed by atoms with Crippen LogP contribution in [0.2, 0.25) is 0 Å². The van der Waals surface area contributed by atoms with Crippen molar-refractivity contribution in [2.45, 2.75) is 13.8 Å². The molecule has 0 amide bonds. The number of aromatic nitrogens is 3. The lowest BCUT2D eigenvalue weighted by atomic mass is 9.33. The van der Waals surface area contributed by atoms with Gasteiger partial charge in [-0.1, -0.05) is 193 Å². The number of benzene rings is 11. The first-order valence-corrected chi connectivity index (χ1v) is 26.8. The summed E-state index contributed by atoms with van der Waals surface area (Å²) in [6, 6.07) is 97.1. The minimum atomic E-state index is 0.0113. The highest BCUT2D eigenvalue weighted by molar-refractivity contribution is 7.00. The van der Waals surface area contributed by atoms with E-state index < -0.39 is 0 Å². The van der Waals surface area contributed by atoms with Crippen molar-refractivity contribution >= 4 is 79.0 Å². The summed E-state index contributed by atoms with van der Waals surface area (Å²) in [5.74, 6) is 0.689. The fourth-order valence-electron chi connectivity index (χ4n) is 12.4. The standard InChI is InChI=1S/C72H50BN5/c1-47-31-39-65-58(43-47)59-44-48(2)32-40-66(59)78(65)64-41-37-53(63-46-62(51-19-7-3-8-20-51)74-72(75-63)52-21-9-4-10-22-52)45-57(64)50-35-33-49(34-36-50)56-38-42-69-70-71(56)77(55-25-13-6-14-26-55)68-30-18-16-28-61(68)73(70)60-27-15-17-29-67(60)76(69)54-23-11-5-12-24-54/h3-46H,1-2H3. The zero-order chi connectivity index (χ0) is 51.8. The van der Waals surface area contributed by atoms with Crippen molar-refractivity contribution < 1.29 is 0 Å². The normalized spacial score (nSPS) is 12.4. The highest BCUT2D eigenvalue weighted by atomic mass is 15.2. The summed E-state index contributed by atoms with van der Waals surface area (Å²) >= 11 is 0. The first kappa shape index (κ1) is 45.4. The number of nitrogens with zero attached hydrogens (tertiary/aromatic N) is 5. The van der Waals surface area contributed by atoms with Crippen molar-refractivity contribution in [2.75, 3.05) is 9.80 Å². The van der Waals surface area contributed by atoms with Crippen LogP contribution in [0.5, 0.6) is 0 Å². The Kier molecular flexibility index (Phi) is 10.7. The Labute approximate surface area is 454 Å². The molecule has 15 rings (SSSR count). The molecule has 11 aromatic carbocycles. The van der Waals surface area contributed by atoms with Crippen molar-refractivity contribution in [3.05, 3.63) is 278 Å². The van der Waals surface area contributed by atoms with Crippen LogP contribution in [-0.4, -0.2) is 21.2 Å². The van der Waals surface area contributed by atoms with Crippen molar-refractivity contribution in [1.29, 1.82) is 0 Å². The Bertz CT molecular complexity index is 4330. The van der Waals surface area contributed by atoms with Crippen molar-refractivity contribution in [2.24, 2.45) is 0 Å². The topological polar surface area (TPSA) is 37.2 Å². The summed E-state index contributed by atoms with van der Waals surface area (Å²) < 4.78 is 2.46. The van der Waals surface area contributed by atoms with Crippen molar-refractivity contribution in [3.8, 4) is 61.8 Å². The van der Waals surface area contributed by atoms with Crippen molar-refractivity contribution in [3.63, 3.8) is 0 Å². The molecule has 366 valence electrons. The quantitative estimate of drug-likeness (QED) is 0.142. The number of anilines is 6. The van der Waals surface area contributed by atoms with Crippen LogP contribution in [0.3, 0.4) is 0 Å². The molecular formula is C72H50BN5. The van der Waals surface area contributed by atoms with Gasteiger partial charge in [-0.05, 0) is 126 Å². The van der Waals surface area contributed by atoms with Crippen LogP contribution in [0, 0.1) is 13.8 Å². The van der Waals surface area contributed by atoms with Gasteiger partial charge in [0, 0.05) is 67.0 Å². The maximum atomic E-state index is 5.33. The first-order chi connectivity index (χ1) is 38.5. The van der Waals surface area contributed by atoms with E-state index in [-0.39, 0.29) is 6.71 Å². The van der Waals surface area contributed by atoms with Crippen molar-refractivity contribution in [1.82, 2.24) is 14.5 Å². The molecule has 13 aromatic rings. The monoisotopic (exact) mass is 995 g/mol. The predicted molar refractivity (Wildman–Crippen MR) is 327 cm³/mol. The largest absolute Gasteiger partial charge is 0.311 e. The third-order valence-corrected chi connectivity index (χ3v) is 15.9. The lowest BCUT2D eigenvalue weighted by Gasteiger charge is -2.45. The molecule has 6 heteroatoms. The molecule has 0 unspecified atom stereocenters. The van der Waals surface area contributed by atoms with Crippen LogP contribution in [0.1, 0.15) is 11.1 Å². The molecule has 4 heterocycles. The molecule has 0 saturated carbocycles. The SMILES string of the molecule is Cc1ccc2c(c1)c1cc(C)ccc1n2-c1ccc(-c2cc(-c3ccccc3)nc(-c3ccccc3)n2)cc1-c1ccc(-c2ccc3c4c2N(c2ccccc2)c2ccccc2B4c2ccccc2N3c2ccccc2)cc1. The van der Waals surface area contributed by atoms with Gasteiger partial charge in [0.1, 0.15) is 0 Å². The Morgan fingerprint density at radius 2 is 0.808 bits per heavy atom. The van der Waals surface area contributed by atoms with Gasteiger partial charge in [0.05, 0.1) is 33.8 Å². The van der Waals surface area contributed by atoms with E-state index in [9.17, 15) is 0 Å². The van der Waals surface area contributed by atoms with Gasteiger partial charge in [0.15, 0.2) is 5.82 Å². The second kappa shape index (κ2) is 18.4.